The van der Waals surface area contributed by atoms with Gasteiger partial charge in [0.05, 0.1) is 17.5 Å². The van der Waals surface area contributed by atoms with Crippen molar-refractivity contribution in [3.63, 3.8) is 0 Å². The normalized spacial score (nSPS) is 24.0. The lowest BCUT2D eigenvalue weighted by molar-refractivity contribution is -0.122. The molecule has 0 bridgehead atoms. The van der Waals surface area contributed by atoms with Gasteiger partial charge in [0.1, 0.15) is 0 Å². The number of carbonyl (C=O) groups is 1. The molecule has 0 saturated carbocycles. The predicted molar refractivity (Wildman–Crippen MR) is 135 cm³/mol. The molecule has 2 aromatic carbocycles. The number of nitrogens with zero attached hydrogens (tertiary/aromatic N) is 3. The fourth-order valence-corrected chi connectivity index (χ4v) is 5.75. The van der Waals surface area contributed by atoms with Crippen molar-refractivity contribution in [3.8, 4) is 0 Å². The van der Waals surface area contributed by atoms with Crippen molar-refractivity contribution in [1.29, 1.82) is 0 Å². The van der Waals surface area contributed by atoms with E-state index < -0.39 is 0 Å². The summed E-state index contributed by atoms with van der Waals surface area (Å²) in [5.74, 6) is 0.411. The number of fused-ring (bicyclic) bond motifs is 3. The maximum absolute atomic E-state index is 13.1. The molecule has 1 fully saturated rings. The quantitative estimate of drug-likeness (QED) is 0.567. The van der Waals surface area contributed by atoms with Gasteiger partial charge in [0.25, 0.3) is 5.91 Å². The second-order valence-corrected chi connectivity index (χ2v) is 9.14. The molecule has 3 aliphatic rings. The average Bonchev–Trinajstić information content (AvgIpc) is 3.31. The minimum atomic E-state index is 0.0402. The summed E-state index contributed by atoms with van der Waals surface area (Å²) in [5.41, 5.74) is 4.85. The lowest BCUT2D eigenvalue weighted by Crippen LogP contribution is -2.32. The highest BCUT2D eigenvalue weighted by atomic mass is 32.2. The third-order valence-corrected chi connectivity index (χ3v) is 7.31. The lowest BCUT2D eigenvalue weighted by atomic mass is 9.90. The predicted octanol–water partition coefficient (Wildman–Crippen LogP) is 5.60. The zero-order valence-electron chi connectivity index (χ0n) is 18.4. The van der Waals surface area contributed by atoms with Crippen LogP contribution in [0.5, 0.6) is 0 Å². The van der Waals surface area contributed by atoms with Gasteiger partial charge < -0.3 is 4.90 Å². The van der Waals surface area contributed by atoms with Gasteiger partial charge in [0.2, 0.25) is 0 Å². The van der Waals surface area contributed by atoms with Crippen LogP contribution in [0.15, 0.2) is 82.7 Å². The van der Waals surface area contributed by atoms with E-state index in [1.165, 1.54) is 23.0 Å². The second kappa shape index (κ2) is 8.83. The molecule has 2 aromatic rings. The zero-order chi connectivity index (χ0) is 22.1. The first-order valence-electron chi connectivity index (χ1n) is 11.2. The molecule has 2 atom stereocenters. The van der Waals surface area contributed by atoms with Gasteiger partial charge in [-0.15, -0.1) is 0 Å². The topological polar surface area (TPSA) is 35.9 Å². The van der Waals surface area contributed by atoms with Crippen molar-refractivity contribution >= 4 is 34.6 Å². The molecule has 2 aliphatic heterocycles. The molecule has 4 nitrogen and oxygen atoms in total. The van der Waals surface area contributed by atoms with Crippen molar-refractivity contribution in [3.05, 3.63) is 94.4 Å². The van der Waals surface area contributed by atoms with E-state index in [-0.39, 0.29) is 5.91 Å². The highest BCUT2D eigenvalue weighted by molar-refractivity contribution is 8.18. The smallest absolute Gasteiger partial charge is 0.266 e. The third-order valence-electron chi connectivity index (χ3n) is 6.27. The SMILES string of the molecule is CCN1C(=O)C(=Cc2ccc3c(c2)C2C=CC=CC2N3CC)SC1=NCc1ccccc1. The van der Waals surface area contributed by atoms with Gasteiger partial charge in [-0.25, -0.2) is 0 Å². The largest absolute Gasteiger partial charge is 0.364 e. The molecule has 1 saturated heterocycles. The van der Waals surface area contributed by atoms with Crippen LogP contribution in [-0.2, 0) is 11.3 Å². The molecule has 5 rings (SSSR count). The fourth-order valence-electron chi connectivity index (χ4n) is 4.71. The van der Waals surface area contributed by atoms with E-state index in [4.69, 9.17) is 4.99 Å². The first-order chi connectivity index (χ1) is 15.7. The molecule has 1 amide bonds. The number of amidine groups is 1. The maximum Gasteiger partial charge on any atom is 0.266 e. The Morgan fingerprint density at radius 2 is 1.84 bits per heavy atom. The Morgan fingerprint density at radius 3 is 2.62 bits per heavy atom. The van der Waals surface area contributed by atoms with Crippen LogP contribution in [0.1, 0.15) is 36.5 Å². The number of aliphatic imine (C=N–C) groups is 1. The van der Waals surface area contributed by atoms with Crippen LogP contribution in [0, 0.1) is 0 Å². The third kappa shape index (κ3) is 3.71. The summed E-state index contributed by atoms with van der Waals surface area (Å²) < 4.78 is 0. The number of carbonyl (C=O) groups excluding carboxylic acids is 1. The van der Waals surface area contributed by atoms with Crippen molar-refractivity contribution in [2.24, 2.45) is 4.99 Å². The summed E-state index contributed by atoms with van der Waals surface area (Å²) in [6.45, 7) is 6.38. The standard InChI is InChI=1S/C27H27N3OS/c1-3-29-23-13-9-8-12-21(23)22-16-20(14-15-24(22)29)17-25-26(31)30(4-2)27(32-25)28-18-19-10-6-5-7-11-19/h5-17,21,23H,3-4,18H2,1-2H3. The number of hydrogen-bond acceptors (Lipinski definition) is 4. The van der Waals surface area contributed by atoms with Gasteiger partial charge in [0.15, 0.2) is 5.17 Å². The molecule has 162 valence electrons. The molecule has 32 heavy (non-hydrogen) atoms. The van der Waals surface area contributed by atoms with Crippen molar-refractivity contribution < 1.29 is 4.79 Å². The van der Waals surface area contributed by atoms with E-state index in [1.54, 1.807) is 4.90 Å². The number of thioether (sulfide) groups is 1. The summed E-state index contributed by atoms with van der Waals surface area (Å²) in [6, 6.07) is 17.1. The van der Waals surface area contributed by atoms with Crippen LogP contribution in [0.2, 0.25) is 0 Å². The highest BCUT2D eigenvalue weighted by Crippen LogP contribution is 2.44. The first kappa shape index (κ1) is 20.8. The molecule has 2 unspecified atom stereocenters. The number of amides is 1. The maximum atomic E-state index is 13.1. The van der Waals surface area contributed by atoms with Gasteiger partial charge in [-0.05, 0) is 60.5 Å². The molecule has 0 spiro atoms. The summed E-state index contributed by atoms with van der Waals surface area (Å²) in [6.07, 6.45) is 10.9. The van der Waals surface area contributed by atoms with E-state index in [9.17, 15) is 4.79 Å². The monoisotopic (exact) mass is 441 g/mol. The van der Waals surface area contributed by atoms with Crippen LogP contribution in [-0.4, -0.2) is 35.1 Å². The molecule has 0 N–H and O–H groups in total. The molecular weight excluding hydrogens is 414 g/mol. The van der Waals surface area contributed by atoms with Crippen LogP contribution < -0.4 is 4.90 Å². The summed E-state index contributed by atoms with van der Waals surface area (Å²) in [7, 11) is 0. The molecule has 0 aromatic heterocycles. The van der Waals surface area contributed by atoms with Gasteiger partial charge >= 0.3 is 0 Å². The van der Waals surface area contributed by atoms with Gasteiger partial charge in [-0.3, -0.25) is 14.7 Å². The average molecular weight is 442 g/mol. The van der Waals surface area contributed by atoms with Crippen molar-refractivity contribution in [2.45, 2.75) is 32.4 Å². The summed E-state index contributed by atoms with van der Waals surface area (Å²) in [5, 5.41) is 0.784. The van der Waals surface area contributed by atoms with E-state index in [0.29, 0.717) is 25.0 Å². The summed E-state index contributed by atoms with van der Waals surface area (Å²) >= 11 is 1.48. The van der Waals surface area contributed by atoms with Crippen molar-refractivity contribution in [2.75, 3.05) is 18.0 Å². The first-order valence-corrected chi connectivity index (χ1v) is 12.1. The number of rotatable bonds is 5. The minimum Gasteiger partial charge on any atom is -0.364 e. The van der Waals surface area contributed by atoms with Gasteiger partial charge in [-0.2, -0.15) is 0 Å². The Kier molecular flexibility index (Phi) is 5.75. The van der Waals surface area contributed by atoms with Crippen LogP contribution in [0.25, 0.3) is 6.08 Å². The molecular formula is C27H27N3OS. The lowest BCUT2D eigenvalue weighted by Gasteiger charge is -2.27. The number of hydrogen-bond donors (Lipinski definition) is 0. The number of likely N-dealkylation sites (N-methyl/N-ethyl adjacent to an activating group) is 2. The zero-order valence-corrected chi connectivity index (χ0v) is 19.3. The van der Waals surface area contributed by atoms with Gasteiger partial charge in [-0.1, -0.05) is 60.7 Å². The molecule has 2 heterocycles. The fraction of sp³-hybridized carbons (Fsp3) is 0.259. The molecule has 0 radical (unpaired) electrons. The van der Waals surface area contributed by atoms with E-state index in [2.05, 4.69) is 66.5 Å². The molecule has 5 heteroatoms. The minimum absolute atomic E-state index is 0.0402. The number of anilines is 1. The highest BCUT2D eigenvalue weighted by Gasteiger charge is 2.36. The van der Waals surface area contributed by atoms with Crippen molar-refractivity contribution in [1.82, 2.24) is 4.90 Å². The van der Waals surface area contributed by atoms with Gasteiger partial charge in [0, 0.05) is 24.7 Å². The van der Waals surface area contributed by atoms with E-state index >= 15 is 0 Å². The molecule has 1 aliphatic carbocycles. The van der Waals surface area contributed by atoms with Crippen LogP contribution >= 0.6 is 11.8 Å². The van der Waals surface area contributed by atoms with Crippen LogP contribution in [0.4, 0.5) is 5.69 Å². The van der Waals surface area contributed by atoms with E-state index in [1.807, 2.05) is 31.2 Å². The Morgan fingerprint density at radius 1 is 1.03 bits per heavy atom. The Balaban J connectivity index is 1.42. The Bertz CT molecular complexity index is 1150. The van der Waals surface area contributed by atoms with E-state index in [0.717, 1.165) is 27.7 Å². The van der Waals surface area contributed by atoms with Crippen LogP contribution in [0.3, 0.4) is 0 Å². The summed E-state index contributed by atoms with van der Waals surface area (Å²) in [4.78, 5) is 22.8. The second-order valence-electron chi connectivity index (χ2n) is 8.13. The number of benzene rings is 2. The Labute approximate surface area is 194 Å². The number of allylic oxidation sites excluding steroid dienone is 2. The Hall–Kier alpha value is -3.05.